The summed E-state index contributed by atoms with van der Waals surface area (Å²) >= 11 is 0. The number of allylic oxidation sites excluding steroid dienone is 2. The molecule has 0 bridgehead atoms. The minimum atomic E-state index is 0.589. The molecule has 1 aliphatic rings. The maximum Gasteiger partial charge on any atom is 0.0960 e. The van der Waals surface area contributed by atoms with Crippen LogP contribution >= 0.6 is 0 Å². The predicted molar refractivity (Wildman–Crippen MR) is 72.0 cm³/mol. The zero-order chi connectivity index (χ0) is 11.7. The van der Waals surface area contributed by atoms with Crippen LogP contribution in [0.5, 0.6) is 0 Å². The molecule has 0 saturated carbocycles. The number of benzene rings is 2. The van der Waals surface area contributed by atoms with Gasteiger partial charge in [0.25, 0.3) is 0 Å². The van der Waals surface area contributed by atoms with Gasteiger partial charge in [0, 0.05) is 6.42 Å². The van der Waals surface area contributed by atoms with Gasteiger partial charge < -0.3 is 5.11 Å². The van der Waals surface area contributed by atoms with E-state index in [1.807, 2.05) is 0 Å². The summed E-state index contributed by atoms with van der Waals surface area (Å²) in [6.45, 7) is 0. The van der Waals surface area contributed by atoms with Gasteiger partial charge in [-0.15, -0.1) is 0 Å². The summed E-state index contributed by atoms with van der Waals surface area (Å²) in [6, 6.07) is 14.8. The smallest absolute Gasteiger partial charge is 0.0960 e. The average molecular weight is 224 g/mol. The molecule has 1 nitrogen and oxygen atoms in total. The van der Waals surface area contributed by atoms with Crippen LogP contribution in [0.25, 0.3) is 16.3 Å². The van der Waals surface area contributed by atoms with E-state index in [4.69, 9.17) is 0 Å². The lowest BCUT2D eigenvalue weighted by molar-refractivity contribution is 0.374. The molecular formula is C16H16O. The number of fused-ring (bicyclic) bond motifs is 1. The van der Waals surface area contributed by atoms with Gasteiger partial charge in [0.05, 0.1) is 5.76 Å². The van der Waals surface area contributed by atoms with Crippen LogP contribution in [-0.2, 0) is 0 Å². The first-order chi connectivity index (χ1) is 8.34. The Balaban J connectivity index is 2.11. The third kappa shape index (κ3) is 1.93. The Morgan fingerprint density at radius 2 is 1.59 bits per heavy atom. The fourth-order valence-electron chi connectivity index (χ4n) is 2.58. The summed E-state index contributed by atoms with van der Waals surface area (Å²) < 4.78 is 0. The molecular weight excluding hydrogens is 208 g/mol. The highest BCUT2D eigenvalue weighted by atomic mass is 16.3. The Kier molecular flexibility index (Phi) is 2.60. The van der Waals surface area contributed by atoms with Gasteiger partial charge in [-0.2, -0.15) is 0 Å². The van der Waals surface area contributed by atoms with Crippen molar-refractivity contribution in [2.75, 3.05) is 0 Å². The highest BCUT2D eigenvalue weighted by molar-refractivity contribution is 5.86. The number of rotatable bonds is 1. The first-order valence-corrected chi connectivity index (χ1v) is 6.25. The third-order valence-electron chi connectivity index (χ3n) is 3.54. The third-order valence-corrected chi connectivity index (χ3v) is 3.54. The topological polar surface area (TPSA) is 20.2 Å². The van der Waals surface area contributed by atoms with E-state index in [9.17, 15) is 5.11 Å². The summed E-state index contributed by atoms with van der Waals surface area (Å²) in [5, 5.41) is 12.5. The molecule has 0 spiro atoms. The lowest BCUT2D eigenvalue weighted by Gasteiger charge is -2.16. The Labute approximate surface area is 101 Å². The summed E-state index contributed by atoms with van der Waals surface area (Å²) in [5.74, 6) is 0.589. The normalized spacial score (nSPS) is 16.5. The molecule has 2 aromatic rings. The van der Waals surface area contributed by atoms with Gasteiger partial charge in [0.2, 0.25) is 0 Å². The Bertz CT molecular complexity index is 581. The second-order valence-electron chi connectivity index (χ2n) is 4.69. The highest BCUT2D eigenvalue weighted by Gasteiger charge is 2.13. The van der Waals surface area contributed by atoms with Crippen molar-refractivity contribution in [2.45, 2.75) is 25.7 Å². The Hall–Kier alpha value is -1.76. The molecule has 0 aromatic heterocycles. The molecule has 0 radical (unpaired) electrons. The van der Waals surface area contributed by atoms with E-state index < -0.39 is 0 Å². The Morgan fingerprint density at radius 3 is 2.41 bits per heavy atom. The summed E-state index contributed by atoms with van der Waals surface area (Å²) in [6.07, 6.45) is 4.14. The van der Waals surface area contributed by atoms with Gasteiger partial charge in [0.15, 0.2) is 0 Å². The maximum atomic E-state index is 9.97. The number of aliphatic hydroxyl groups excluding tert-OH is 1. The number of aliphatic hydroxyl groups is 1. The average Bonchev–Trinajstić information content (AvgIpc) is 2.39. The summed E-state index contributed by atoms with van der Waals surface area (Å²) in [7, 11) is 0. The minimum absolute atomic E-state index is 0.589. The van der Waals surface area contributed by atoms with Gasteiger partial charge in [0.1, 0.15) is 0 Å². The van der Waals surface area contributed by atoms with E-state index in [1.54, 1.807) is 0 Å². The lowest BCUT2D eigenvalue weighted by Crippen LogP contribution is -1.98. The monoisotopic (exact) mass is 224 g/mol. The van der Waals surface area contributed by atoms with Crippen molar-refractivity contribution in [3.05, 3.63) is 53.8 Å². The van der Waals surface area contributed by atoms with Gasteiger partial charge in [-0.1, -0.05) is 36.4 Å². The van der Waals surface area contributed by atoms with Crippen molar-refractivity contribution >= 4 is 16.3 Å². The van der Waals surface area contributed by atoms with Crippen molar-refractivity contribution in [1.29, 1.82) is 0 Å². The predicted octanol–water partition coefficient (Wildman–Crippen LogP) is 4.68. The second kappa shape index (κ2) is 4.25. The van der Waals surface area contributed by atoms with E-state index in [0.717, 1.165) is 24.8 Å². The van der Waals surface area contributed by atoms with Gasteiger partial charge in [-0.25, -0.2) is 0 Å². The van der Waals surface area contributed by atoms with E-state index in [-0.39, 0.29) is 0 Å². The maximum absolute atomic E-state index is 9.97. The quantitative estimate of drug-likeness (QED) is 0.745. The zero-order valence-electron chi connectivity index (χ0n) is 9.82. The van der Waals surface area contributed by atoms with E-state index in [0.29, 0.717) is 5.76 Å². The van der Waals surface area contributed by atoms with Crippen LogP contribution in [0.1, 0.15) is 31.2 Å². The zero-order valence-corrected chi connectivity index (χ0v) is 9.82. The molecule has 0 fully saturated rings. The molecule has 1 aliphatic carbocycles. The molecule has 0 saturated heterocycles. The molecule has 0 atom stereocenters. The number of hydrogen-bond donors (Lipinski definition) is 1. The molecule has 1 N–H and O–H groups in total. The lowest BCUT2D eigenvalue weighted by atomic mass is 9.91. The van der Waals surface area contributed by atoms with Crippen molar-refractivity contribution in [3.63, 3.8) is 0 Å². The van der Waals surface area contributed by atoms with Crippen LogP contribution in [0.4, 0.5) is 0 Å². The number of hydrogen-bond acceptors (Lipinski definition) is 1. The molecule has 0 amide bonds. The van der Waals surface area contributed by atoms with Crippen LogP contribution in [0.2, 0.25) is 0 Å². The molecule has 0 aliphatic heterocycles. The molecule has 0 heterocycles. The molecule has 2 aromatic carbocycles. The van der Waals surface area contributed by atoms with E-state index >= 15 is 0 Å². The molecule has 0 unspecified atom stereocenters. The molecule has 17 heavy (non-hydrogen) atoms. The standard InChI is InChI=1S/C16H16O/c17-16-8-4-3-7-15(16)14-10-9-12-5-1-2-6-13(12)11-14/h1-2,5-6,9-11,17H,3-4,7-8H2. The fraction of sp³-hybridized carbons (Fsp3) is 0.250. The summed E-state index contributed by atoms with van der Waals surface area (Å²) in [5.41, 5.74) is 2.32. The van der Waals surface area contributed by atoms with Crippen LogP contribution < -0.4 is 0 Å². The van der Waals surface area contributed by atoms with Crippen molar-refractivity contribution in [2.24, 2.45) is 0 Å². The first kappa shape index (κ1) is 10.4. The van der Waals surface area contributed by atoms with Crippen LogP contribution in [-0.4, -0.2) is 5.11 Å². The van der Waals surface area contributed by atoms with Gasteiger partial charge in [-0.3, -0.25) is 0 Å². The first-order valence-electron chi connectivity index (χ1n) is 6.25. The SMILES string of the molecule is OC1=C(c2ccc3ccccc3c2)CCCC1. The molecule has 1 heteroatoms. The second-order valence-corrected chi connectivity index (χ2v) is 4.69. The van der Waals surface area contributed by atoms with Gasteiger partial charge in [-0.05, 0) is 47.2 Å². The van der Waals surface area contributed by atoms with Gasteiger partial charge >= 0.3 is 0 Å². The van der Waals surface area contributed by atoms with E-state index in [1.165, 1.54) is 22.8 Å². The summed E-state index contributed by atoms with van der Waals surface area (Å²) in [4.78, 5) is 0. The molecule has 3 rings (SSSR count). The molecule has 86 valence electrons. The Morgan fingerprint density at radius 1 is 0.824 bits per heavy atom. The van der Waals surface area contributed by atoms with E-state index in [2.05, 4.69) is 42.5 Å². The van der Waals surface area contributed by atoms with Crippen molar-refractivity contribution < 1.29 is 5.11 Å². The largest absolute Gasteiger partial charge is 0.512 e. The minimum Gasteiger partial charge on any atom is -0.512 e. The van der Waals surface area contributed by atoms with Crippen molar-refractivity contribution in [3.8, 4) is 0 Å². The highest BCUT2D eigenvalue weighted by Crippen LogP contribution is 2.32. The fourth-order valence-corrected chi connectivity index (χ4v) is 2.58. The van der Waals surface area contributed by atoms with Crippen LogP contribution in [0.3, 0.4) is 0 Å². The van der Waals surface area contributed by atoms with Crippen LogP contribution in [0.15, 0.2) is 48.2 Å². The van der Waals surface area contributed by atoms with Crippen LogP contribution in [0, 0.1) is 0 Å². The van der Waals surface area contributed by atoms with Crippen molar-refractivity contribution in [1.82, 2.24) is 0 Å².